The number of carbonyl (C=O) groups is 1. The molecule has 0 unspecified atom stereocenters. The molecule has 1 rings (SSSR count). The van der Waals surface area contributed by atoms with Gasteiger partial charge < -0.3 is 19.8 Å². The summed E-state index contributed by atoms with van der Waals surface area (Å²) < 4.78 is 12.0. The Balaban J connectivity index is 2.45. The van der Waals surface area contributed by atoms with E-state index in [4.69, 9.17) is 15.2 Å². The van der Waals surface area contributed by atoms with Crippen LogP contribution in [0.4, 0.5) is 5.69 Å². The van der Waals surface area contributed by atoms with E-state index in [2.05, 4.69) is 6.92 Å². The predicted molar refractivity (Wildman–Crippen MR) is 70.5 cm³/mol. The summed E-state index contributed by atoms with van der Waals surface area (Å²) in [6.45, 7) is 3.93. The van der Waals surface area contributed by atoms with Gasteiger partial charge in [-0.15, -0.1) is 0 Å². The maximum absolute atomic E-state index is 11.9. The lowest BCUT2D eigenvalue weighted by atomic mass is 10.3. The normalized spacial score (nSPS) is 10.6. The van der Waals surface area contributed by atoms with E-state index in [1.165, 1.54) is 0 Å². The summed E-state index contributed by atoms with van der Waals surface area (Å²) in [5, 5.41) is 0. The van der Waals surface area contributed by atoms with Crippen LogP contribution < -0.4 is 5.73 Å². The molecule has 1 aromatic rings. The SMILES string of the molecule is CCCn1cc(N)cc1C(=O)OCCCCOC. The molecule has 0 fully saturated rings. The van der Waals surface area contributed by atoms with Crippen molar-refractivity contribution in [1.29, 1.82) is 0 Å². The van der Waals surface area contributed by atoms with Gasteiger partial charge >= 0.3 is 5.97 Å². The third-order valence-electron chi connectivity index (χ3n) is 2.57. The molecule has 0 radical (unpaired) electrons. The van der Waals surface area contributed by atoms with E-state index in [0.29, 0.717) is 24.6 Å². The van der Waals surface area contributed by atoms with Crippen molar-refractivity contribution in [3.63, 3.8) is 0 Å². The molecule has 0 aliphatic rings. The first-order valence-corrected chi connectivity index (χ1v) is 6.30. The van der Waals surface area contributed by atoms with Gasteiger partial charge in [0.15, 0.2) is 0 Å². The average Bonchev–Trinajstić information content (AvgIpc) is 2.70. The Labute approximate surface area is 108 Å². The van der Waals surface area contributed by atoms with E-state index in [1.54, 1.807) is 19.4 Å². The van der Waals surface area contributed by atoms with Crippen LogP contribution in [0.2, 0.25) is 0 Å². The molecule has 0 aliphatic carbocycles. The fraction of sp³-hybridized carbons (Fsp3) is 0.615. The zero-order chi connectivity index (χ0) is 13.4. The number of unbranched alkanes of at least 4 members (excludes halogenated alkanes) is 1. The van der Waals surface area contributed by atoms with Crippen LogP contribution in [0, 0.1) is 0 Å². The Bertz CT molecular complexity index is 374. The Kier molecular flexibility index (Phi) is 6.28. The number of rotatable bonds is 8. The van der Waals surface area contributed by atoms with E-state index >= 15 is 0 Å². The van der Waals surface area contributed by atoms with Crippen LogP contribution in [0.5, 0.6) is 0 Å². The summed E-state index contributed by atoms with van der Waals surface area (Å²) in [4.78, 5) is 11.9. The van der Waals surface area contributed by atoms with Crippen LogP contribution in [0.3, 0.4) is 0 Å². The second-order valence-electron chi connectivity index (χ2n) is 4.19. The zero-order valence-corrected chi connectivity index (χ0v) is 11.1. The summed E-state index contributed by atoms with van der Waals surface area (Å²) in [6.07, 6.45) is 4.42. The van der Waals surface area contributed by atoms with E-state index in [1.807, 2.05) is 4.57 Å². The fourth-order valence-electron chi connectivity index (χ4n) is 1.72. The number of aryl methyl sites for hydroxylation is 1. The number of nitrogen functional groups attached to an aromatic ring is 1. The minimum Gasteiger partial charge on any atom is -0.461 e. The molecule has 1 aromatic heterocycles. The summed E-state index contributed by atoms with van der Waals surface area (Å²) in [6, 6.07) is 1.66. The second kappa shape index (κ2) is 7.76. The lowest BCUT2D eigenvalue weighted by Crippen LogP contribution is -2.12. The second-order valence-corrected chi connectivity index (χ2v) is 4.19. The van der Waals surface area contributed by atoms with Crippen molar-refractivity contribution in [2.45, 2.75) is 32.7 Å². The molecule has 2 N–H and O–H groups in total. The van der Waals surface area contributed by atoms with E-state index < -0.39 is 0 Å². The third-order valence-corrected chi connectivity index (χ3v) is 2.57. The maximum Gasteiger partial charge on any atom is 0.355 e. The molecule has 1 heterocycles. The molecule has 0 aromatic carbocycles. The van der Waals surface area contributed by atoms with Crippen molar-refractivity contribution < 1.29 is 14.3 Å². The number of nitrogens with zero attached hydrogens (tertiary/aromatic N) is 1. The van der Waals surface area contributed by atoms with Crippen LogP contribution in [0.1, 0.15) is 36.7 Å². The van der Waals surface area contributed by atoms with Gasteiger partial charge in [-0.25, -0.2) is 4.79 Å². The molecule has 0 aliphatic heterocycles. The highest BCUT2D eigenvalue weighted by Crippen LogP contribution is 2.12. The Morgan fingerprint density at radius 3 is 2.78 bits per heavy atom. The number of nitrogens with two attached hydrogens (primary N) is 1. The van der Waals surface area contributed by atoms with Crippen molar-refractivity contribution in [3.05, 3.63) is 18.0 Å². The highest BCUT2D eigenvalue weighted by Gasteiger charge is 2.13. The van der Waals surface area contributed by atoms with Crippen LogP contribution in [0.25, 0.3) is 0 Å². The first-order valence-electron chi connectivity index (χ1n) is 6.30. The fourth-order valence-corrected chi connectivity index (χ4v) is 1.72. The van der Waals surface area contributed by atoms with Gasteiger partial charge in [-0.2, -0.15) is 0 Å². The van der Waals surface area contributed by atoms with Gasteiger partial charge in [0.1, 0.15) is 5.69 Å². The summed E-state index contributed by atoms with van der Waals surface area (Å²) >= 11 is 0. The first kappa shape index (κ1) is 14.6. The molecule has 0 spiro atoms. The predicted octanol–water partition coefficient (Wildman–Crippen LogP) is 2.06. The van der Waals surface area contributed by atoms with Crippen molar-refractivity contribution in [1.82, 2.24) is 4.57 Å². The standard InChI is InChI=1S/C13H22N2O3/c1-3-6-15-10-11(14)9-12(15)13(16)18-8-5-4-7-17-2/h9-10H,3-8,14H2,1-2H3. The molecule has 0 bridgehead atoms. The van der Waals surface area contributed by atoms with Gasteiger partial charge in [-0.1, -0.05) is 6.92 Å². The Morgan fingerprint density at radius 1 is 1.39 bits per heavy atom. The number of hydrogen-bond acceptors (Lipinski definition) is 4. The number of esters is 1. The molecule has 0 amide bonds. The Morgan fingerprint density at radius 2 is 2.11 bits per heavy atom. The molecule has 0 saturated carbocycles. The zero-order valence-electron chi connectivity index (χ0n) is 11.1. The van der Waals surface area contributed by atoms with E-state index in [9.17, 15) is 4.79 Å². The van der Waals surface area contributed by atoms with Gasteiger partial charge in [0.25, 0.3) is 0 Å². The summed E-state index contributed by atoms with van der Waals surface area (Å²) in [7, 11) is 1.66. The monoisotopic (exact) mass is 254 g/mol. The van der Waals surface area contributed by atoms with Gasteiger partial charge in [0.05, 0.1) is 12.3 Å². The van der Waals surface area contributed by atoms with Gasteiger partial charge in [-0.3, -0.25) is 0 Å². The molecular formula is C13H22N2O3. The smallest absolute Gasteiger partial charge is 0.355 e. The molecule has 102 valence electrons. The number of aromatic nitrogens is 1. The first-order chi connectivity index (χ1) is 8.69. The lowest BCUT2D eigenvalue weighted by molar-refractivity contribution is 0.0476. The van der Waals surface area contributed by atoms with Crippen molar-refractivity contribution in [3.8, 4) is 0 Å². The van der Waals surface area contributed by atoms with Crippen LogP contribution in [-0.2, 0) is 16.0 Å². The topological polar surface area (TPSA) is 66.5 Å². The summed E-state index contributed by atoms with van der Waals surface area (Å²) in [5.41, 5.74) is 6.82. The number of carbonyl (C=O) groups excluding carboxylic acids is 1. The maximum atomic E-state index is 11.9. The Hall–Kier alpha value is -1.49. The van der Waals surface area contributed by atoms with Gasteiger partial charge in [0, 0.05) is 26.5 Å². The third kappa shape index (κ3) is 4.41. The van der Waals surface area contributed by atoms with E-state index in [-0.39, 0.29) is 5.97 Å². The number of methoxy groups -OCH3 is 1. The minimum atomic E-state index is -0.308. The molecule has 18 heavy (non-hydrogen) atoms. The van der Waals surface area contributed by atoms with E-state index in [0.717, 1.165) is 25.8 Å². The van der Waals surface area contributed by atoms with Crippen molar-refractivity contribution in [2.24, 2.45) is 0 Å². The van der Waals surface area contributed by atoms with Crippen LogP contribution in [0.15, 0.2) is 12.3 Å². The highest BCUT2D eigenvalue weighted by atomic mass is 16.5. The highest BCUT2D eigenvalue weighted by molar-refractivity contribution is 5.89. The number of anilines is 1. The minimum absolute atomic E-state index is 0.308. The van der Waals surface area contributed by atoms with Gasteiger partial charge in [0.2, 0.25) is 0 Å². The van der Waals surface area contributed by atoms with Crippen LogP contribution in [-0.4, -0.2) is 30.9 Å². The van der Waals surface area contributed by atoms with Gasteiger partial charge in [-0.05, 0) is 25.3 Å². The molecule has 0 atom stereocenters. The lowest BCUT2D eigenvalue weighted by Gasteiger charge is -2.07. The van der Waals surface area contributed by atoms with Crippen LogP contribution >= 0.6 is 0 Å². The summed E-state index contributed by atoms with van der Waals surface area (Å²) in [5.74, 6) is -0.308. The molecule has 0 saturated heterocycles. The average molecular weight is 254 g/mol. The van der Waals surface area contributed by atoms with Crippen molar-refractivity contribution >= 4 is 11.7 Å². The molecule has 5 heteroatoms. The molecule has 5 nitrogen and oxygen atoms in total. The molecular weight excluding hydrogens is 232 g/mol. The largest absolute Gasteiger partial charge is 0.461 e. The number of hydrogen-bond donors (Lipinski definition) is 1. The number of ether oxygens (including phenoxy) is 2. The van der Waals surface area contributed by atoms with Crippen molar-refractivity contribution in [2.75, 3.05) is 26.1 Å². The quantitative estimate of drug-likeness (QED) is 0.569.